The first-order valence-corrected chi connectivity index (χ1v) is 7.33. The van der Waals surface area contributed by atoms with Crippen LogP contribution in [0.15, 0.2) is 41.3 Å². The van der Waals surface area contributed by atoms with Gasteiger partial charge in [0.05, 0.1) is 10.6 Å². The highest BCUT2D eigenvalue weighted by Gasteiger charge is 2.17. The summed E-state index contributed by atoms with van der Waals surface area (Å²) in [5, 5.41) is 0. The van der Waals surface area contributed by atoms with Crippen molar-refractivity contribution in [1.29, 1.82) is 0 Å². The van der Waals surface area contributed by atoms with Crippen LogP contribution in [0.5, 0.6) is 0 Å². The quantitative estimate of drug-likeness (QED) is 0.944. The average Bonchev–Trinajstić information content (AvgIpc) is 2.36. The molecule has 0 atom stereocenters. The third-order valence-electron chi connectivity index (χ3n) is 2.83. The van der Waals surface area contributed by atoms with E-state index in [9.17, 15) is 17.2 Å². The molecule has 0 aliphatic heterocycles. The molecule has 2 aromatic carbocycles. The molecular weight excluding hydrogens is 284 g/mol. The van der Waals surface area contributed by atoms with Gasteiger partial charge in [0, 0.05) is 0 Å². The Hall–Kier alpha value is -1.95. The van der Waals surface area contributed by atoms with Crippen molar-refractivity contribution in [2.45, 2.75) is 18.7 Å². The van der Waals surface area contributed by atoms with Crippen LogP contribution in [0.2, 0.25) is 0 Å². The lowest BCUT2D eigenvalue weighted by molar-refractivity contribution is 0.504. The smallest absolute Gasteiger partial charge is 0.262 e. The number of anilines is 1. The second-order valence-corrected chi connectivity index (χ2v) is 6.18. The first-order valence-electron chi connectivity index (χ1n) is 5.85. The van der Waals surface area contributed by atoms with Gasteiger partial charge < -0.3 is 0 Å². The lowest BCUT2D eigenvalue weighted by atomic mass is 10.1. The number of rotatable bonds is 3. The molecule has 2 aromatic rings. The Morgan fingerprint density at radius 3 is 2.25 bits per heavy atom. The van der Waals surface area contributed by atoms with E-state index in [1.54, 1.807) is 19.1 Å². The normalized spacial score (nSPS) is 11.4. The minimum absolute atomic E-state index is 0.323. The Morgan fingerprint density at radius 1 is 0.950 bits per heavy atom. The fourth-order valence-corrected chi connectivity index (χ4v) is 2.92. The number of benzene rings is 2. The number of sulfonamides is 1. The Kier molecular flexibility index (Phi) is 3.76. The molecule has 1 N–H and O–H groups in total. The summed E-state index contributed by atoms with van der Waals surface area (Å²) in [6, 6.07) is 7.67. The van der Waals surface area contributed by atoms with Gasteiger partial charge in [-0.1, -0.05) is 17.7 Å². The van der Waals surface area contributed by atoms with Crippen molar-refractivity contribution in [3.8, 4) is 0 Å². The minimum atomic E-state index is -3.94. The zero-order chi connectivity index (χ0) is 14.9. The first-order chi connectivity index (χ1) is 9.29. The van der Waals surface area contributed by atoms with Crippen molar-refractivity contribution in [2.24, 2.45) is 0 Å². The Labute approximate surface area is 116 Å². The second kappa shape index (κ2) is 5.20. The van der Waals surface area contributed by atoms with Crippen LogP contribution < -0.4 is 4.72 Å². The summed E-state index contributed by atoms with van der Waals surface area (Å²) in [7, 11) is -3.94. The molecule has 3 nitrogen and oxygen atoms in total. The van der Waals surface area contributed by atoms with Gasteiger partial charge in [0.25, 0.3) is 10.0 Å². The molecule has 0 spiro atoms. The third kappa shape index (κ3) is 2.96. The topological polar surface area (TPSA) is 46.2 Å². The number of nitrogens with one attached hydrogen (secondary N) is 1. The average molecular weight is 297 g/mol. The van der Waals surface area contributed by atoms with Crippen LogP contribution in [0.3, 0.4) is 0 Å². The Bertz CT molecular complexity index is 758. The van der Waals surface area contributed by atoms with Gasteiger partial charge in [0.2, 0.25) is 0 Å². The van der Waals surface area contributed by atoms with Crippen molar-refractivity contribution in [2.75, 3.05) is 4.72 Å². The fraction of sp³-hybridized carbons (Fsp3) is 0.143. The zero-order valence-electron chi connectivity index (χ0n) is 10.9. The van der Waals surface area contributed by atoms with Crippen molar-refractivity contribution in [3.05, 3.63) is 59.2 Å². The molecule has 106 valence electrons. The first kappa shape index (κ1) is 14.5. The van der Waals surface area contributed by atoms with Crippen LogP contribution in [0.25, 0.3) is 0 Å². The minimum Gasteiger partial charge on any atom is -0.279 e. The summed E-state index contributed by atoms with van der Waals surface area (Å²) in [5.74, 6) is -2.29. The molecule has 2 rings (SSSR count). The van der Waals surface area contributed by atoms with Crippen molar-refractivity contribution in [3.63, 3.8) is 0 Å². The zero-order valence-corrected chi connectivity index (χ0v) is 11.8. The summed E-state index contributed by atoms with van der Waals surface area (Å²) in [6.07, 6.45) is 0. The van der Waals surface area contributed by atoms with Crippen LogP contribution in [0.4, 0.5) is 14.5 Å². The molecule has 0 aliphatic rings. The van der Waals surface area contributed by atoms with E-state index >= 15 is 0 Å². The SMILES string of the molecule is Cc1ccc(NS(=O)(=O)c2ccc(F)c(F)c2)c(C)c1. The number of halogens is 2. The lowest BCUT2D eigenvalue weighted by Crippen LogP contribution is -2.14. The van der Waals surface area contributed by atoms with Crippen LogP contribution in [0.1, 0.15) is 11.1 Å². The van der Waals surface area contributed by atoms with E-state index < -0.39 is 21.7 Å². The molecule has 0 heterocycles. The van der Waals surface area contributed by atoms with Crippen molar-refractivity contribution < 1.29 is 17.2 Å². The molecule has 20 heavy (non-hydrogen) atoms. The summed E-state index contributed by atoms with van der Waals surface area (Å²) in [5.41, 5.74) is 2.15. The van der Waals surface area contributed by atoms with Gasteiger partial charge in [0.15, 0.2) is 11.6 Å². The van der Waals surface area contributed by atoms with Crippen LogP contribution in [-0.2, 0) is 10.0 Å². The fourth-order valence-electron chi connectivity index (χ4n) is 1.78. The molecule has 0 bridgehead atoms. The summed E-state index contributed by atoms with van der Waals surface area (Å²) in [6.45, 7) is 3.65. The highest BCUT2D eigenvalue weighted by molar-refractivity contribution is 7.92. The van der Waals surface area contributed by atoms with E-state index in [4.69, 9.17) is 0 Å². The second-order valence-electron chi connectivity index (χ2n) is 4.50. The highest BCUT2D eigenvalue weighted by atomic mass is 32.2. The van der Waals surface area contributed by atoms with Gasteiger partial charge in [-0.05, 0) is 43.7 Å². The van der Waals surface area contributed by atoms with E-state index in [-0.39, 0.29) is 4.90 Å². The molecule has 0 radical (unpaired) electrons. The maximum absolute atomic E-state index is 13.1. The molecule has 0 amide bonds. The van der Waals surface area contributed by atoms with E-state index in [2.05, 4.69) is 4.72 Å². The van der Waals surface area contributed by atoms with Crippen molar-refractivity contribution >= 4 is 15.7 Å². The van der Waals surface area contributed by atoms with Gasteiger partial charge in [-0.2, -0.15) is 0 Å². The van der Waals surface area contributed by atoms with Gasteiger partial charge >= 0.3 is 0 Å². The van der Waals surface area contributed by atoms with Gasteiger partial charge in [-0.25, -0.2) is 17.2 Å². The molecular formula is C14H13F2NO2S. The molecule has 0 aromatic heterocycles. The molecule has 0 saturated carbocycles. The summed E-state index contributed by atoms with van der Waals surface area (Å²) >= 11 is 0. The van der Waals surface area contributed by atoms with E-state index in [1.807, 2.05) is 13.0 Å². The van der Waals surface area contributed by atoms with Gasteiger partial charge in [-0.15, -0.1) is 0 Å². The molecule has 0 unspecified atom stereocenters. The molecule has 0 saturated heterocycles. The van der Waals surface area contributed by atoms with E-state index in [0.717, 1.165) is 23.3 Å². The number of hydrogen-bond acceptors (Lipinski definition) is 2. The summed E-state index contributed by atoms with van der Waals surface area (Å²) < 4.78 is 52.5. The summed E-state index contributed by atoms with van der Waals surface area (Å²) in [4.78, 5) is -0.323. The lowest BCUT2D eigenvalue weighted by Gasteiger charge is -2.11. The van der Waals surface area contributed by atoms with Crippen molar-refractivity contribution in [1.82, 2.24) is 0 Å². The Morgan fingerprint density at radius 2 is 1.65 bits per heavy atom. The maximum Gasteiger partial charge on any atom is 0.262 e. The standard InChI is InChI=1S/C14H13F2NO2S/c1-9-3-6-14(10(2)7-9)17-20(18,19)11-4-5-12(15)13(16)8-11/h3-8,17H,1-2H3. The highest BCUT2D eigenvalue weighted by Crippen LogP contribution is 2.21. The predicted molar refractivity (Wildman–Crippen MR) is 73.1 cm³/mol. The maximum atomic E-state index is 13.1. The molecule has 0 fully saturated rings. The number of hydrogen-bond donors (Lipinski definition) is 1. The van der Waals surface area contributed by atoms with E-state index in [0.29, 0.717) is 11.8 Å². The van der Waals surface area contributed by atoms with Gasteiger partial charge in [0.1, 0.15) is 0 Å². The largest absolute Gasteiger partial charge is 0.279 e. The monoisotopic (exact) mass is 297 g/mol. The van der Waals surface area contributed by atoms with Gasteiger partial charge in [-0.3, -0.25) is 4.72 Å². The van der Waals surface area contributed by atoms with Crippen LogP contribution in [0, 0.1) is 25.5 Å². The molecule has 0 aliphatic carbocycles. The van der Waals surface area contributed by atoms with Crippen LogP contribution in [-0.4, -0.2) is 8.42 Å². The predicted octanol–water partition coefficient (Wildman–Crippen LogP) is 3.38. The van der Waals surface area contributed by atoms with Crippen LogP contribution >= 0.6 is 0 Å². The third-order valence-corrected chi connectivity index (χ3v) is 4.19. The molecule has 6 heteroatoms. The van der Waals surface area contributed by atoms with E-state index in [1.165, 1.54) is 0 Å². The number of aryl methyl sites for hydroxylation is 2. The Balaban J connectivity index is 2.38.